The summed E-state index contributed by atoms with van der Waals surface area (Å²) in [7, 11) is 0. The number of halogens is 1. The lowest BCUT2D eigenvalue weighted by Gasteiger charge is -1.89. The highest BCUT2D eigenvalue weighted by Gasteiger charge is 2.20. The molecule has 0 aliphatic heterocycles. The van der Waals surface area contributed by atoms with E-state index in [1.807, 2.05) is 30.3 Å². The summed E-state index contributed by atoms with van der Waals surface area (Å²) in [5.41, 5.74) is 1.41. The Bertz CT molecular complexity index is 444. The molecule has 0 fully saturated rings. The van der Waals surface area contributed by atoms with Crippen molar-refractivity contribution in [1.29, 1.82) is 5.39 Å². The second-order valence-electron chi connectivity index (χ2n) is 2.46. The fourth-order valence-electron chi connectivity index (χ4n) is 1.08. The summed E-state index contributed by atoms with van der Waals surface area (Å²) in [5.74, 6) is 0.200. The van der Waals surface area contributed by atoms with Crippen molar-refractivity contribution >= 4 is 5.82 Å². The Hall–Kier alpha value is -1.93. The molecule has 0 radical (unpaired) electrons. The molecule has 5 nitrogen and oxygen atoms in total. The molecule has 0 unspecified atom stereocenters. The molecule has 1 N–H and O–H groups in total. The fraction of sp³-hybridized carbons (Fsp3) is 0. The minimum absolute atomic E-state index is 0. The van der Waals surface area contributed by atoms with Crippen molar-refractivity contribution in [3.05, 3.63) is 35.3 Å². The van der Waals surface area contributed by atoms with Gasteiger partial charge >= 0.3 is 5.82 Å². The van der Waals surface area contributed by atoms with E-state index in [1.165, 1.54) is 0 Å². The number of rotatable bonds is 1. The SMILES string of the molecule is N#[N+]c1n[nH]nc1-c1ccccc1.[Cl-]. The van der Waals surface area contributed by atoms with E-state index in [0.717, 1.165) is 5.56 Å². The molecule has 2 aromatic rings. The monoisotopic (exact) mass is 207 g/mol. The first-order valence-electron chi connectivity index (χ1n) is 3.73. The molecule has 6 heteroatoms. The number of hydrogen-bond donors (Lipinski definition) is 1. The van der Waals surface area contributed by atoms with E-state index in [1.54, 1.807) is 0 Å². The van der Waals surface area contributed by atoms with Gasteiger partial charge in [0.25, 0.3) is 0 Å². The Morgan fingerprint density at radius 2 is 1.86 bits per heavy atom. The number of nitrogens with one attached hydrogen (secondary N) is 1. The van der Waals surface area contributed by atoms with Crippen LogP contribution in [-0.4, -0.2) is 15.4 Å². The van der Waals surface area contributed by atoms with E-state index in [9.17, 15) is 0 Å². The minimum atomic E-state index is 0. The molecule has 0 bridgehead atoms. The van der Waals surface area contributed by atoms with Gasteiger partial charge in [-0.25, -0.2) is 0 Å². The number of H-pyrrole nitrogens is 1. The van der Waals surface area contributed by atoms with Crippen LogP contribution >= 0.6 is 0 Å². The first kappa shape index (κ1) is 10.2. The molecule has 0 spiro atoms. The lowest BCUT2D eigenvalue weighted by atomic mass is 10.2. The average Bonchev–Trinajstić information content (AvgIpc) is 2.67. The van der Waals surface area contributed by atoms with Gasteiger partial charge in [0.2, 0.25) is 5.69 Å². The summed E-state index contributed by atoms with van der Waals surface area (Å²) in [6, 6.07) is 9.40. The van der Waals surface area contributed by atoms with E-state index < -0.39 is 0 Å². The first-order valence-corrected chi connectivity index (χ1v) is 3.73. The Morgan fingerprint density at radius 1 is 1.14 bits per heavy atom. The molecule has 70 valence electrons. The van der Waals surface area contributed by atoms with E-state index in [0.29, 0.717) is 5.69 Å². The summed E-state index contributed by atoms with van der Waals surface area (Å²) in [4.78, 5) is 3.00. The predicted octanol–water partition coefficient (Wildman–Crippen LogP) is -1.04. The van der Waals surface area contributed by atoms with E-state index in [4.69, 9.17) is 5.39 Å². The Morgan fingerprint density at radius 3 is 2.50 bits per heavy atom. The van der Waals surface area contributed by atoms with Crippen LogP contribution < -0.4 is 12.4 Å². The molecule has 1 aromatic carbocycles. The van der Waals surface area contributed by atoms with Crippen LogP contribution in [0, 0.1) is 5.39 Å². The highest BCUT2D eigenvalue weighted by molar-refractivity contribution is 5.70. The van der Waals surface area contributed by atoms with Crippen LogP contribution in [0.4, 0.5) is 5.82 Å². The molecule has 0 aliphatic rings. The Kier molecular flexibility index (Phi) is 3.15. The lowest BCUT2D eigenvalue weighted by molar-refractivity contribution is -0.00000297. The molecule has 0 aliphatic carbocycles. The van der Waals surface area contributed by atoms with Crippen molar-refractivity contribution in [1.82, 2.24) is 15.4 Å². The van der Waals surface area contributed by atoms with Gasteiger partial charge < -0.3 is 12.4 Å². The number of nitrogens with zero attached hydrogens (tertiary/aromatic N) is 4. The topological polar surface area (TPSA) is 69.7 Å². The molecular weight excluding hydrogens is 202 g/mol. The van der Waals surface area contributed by atoms with Gasteiger partial charge in [0.1, 0.15) is 0 Å². The predicted molar refractivity (Wildman–Crippen MR) is 46.6 cm³/mol. The van der Waals surface area contributed by atoms with Crippen LogP contribution in [0.3, 0.4) is 0 Å². The molecule has 0 atom stereocenters. The zero-order valence-electron chi connectivity index (χ0n) is 7.05. The second-order valence-corrected chi connectivity index (χ2v) is 2.46. The van der Waals surface area contributed by atoms with Crippen molar-refractivity contribution in [3.63, 3.8) is 0 Å². The third-order valence-corrected chi connectivity index (χ3v) is 1.67. The van der Waals surface area contributed by atoms with Gasteiger partial charge in [-0.2, -0.15) is 0 Å². The van der Waals surface area contributed by atoms with Crippen LogP contribution in [0.15, 0.2) is 30.3 Å². The van der Waals surface area contributed by atoms with Crippen LogP contribution in [0.1, 0.15) is 0 Å². The largest absolute Gasteiger partial charge is 1.00 e. The number of hydrogen-bond acceptors (Lipinski definition) is 3. The fourth-order valence-corrected chi connectivity index (χ4v) is 1.08. The van der Waals surface area contributed by atoms with E-state index in [2.05, 4.69) is 20.4 Å². The average molecular weight is 208 g/mol. The summed E-state index contributed by atoms with van der Waals surface area (Å²) < 4.78 is 0. The van der Waals surface area contributed by atoms with Crippen molar-refractivity contribution < 1.29 is 12.4 Å². The summed E-state index contributed by atoms with van der Waals surface area (Å²) in [6.07, 6.45) is 0. The third-order valence-electron chi connectivity index (χ3n) is 1.67. The second kappa shape index (κ2) is 4.35. The first-order chi connectivity index (χ1) is 6.42. The summed E-state index contributed by atoms with van der Waals surface area (Å²) >= 11 is 0. The van der Waals surface area contributed by atoms with Gasteiger partial charge in [0, 0.05) is 10.5 Å². The minimum Gasteiger partial charge on any atom is -1.00 e. The maximum Gasteiger partial charge on any atom is 0.515 e. The molecule has 14 heavy (non-hydrogen) atoms. The zero-order chi connectivity index (χ0) is 9.10. The van der Waals surface area contributed by atoms with Crippen molar-refractivity contribution in [2.24, 2.45) is 0 Å². The van der Waals surface area contributed by atoms with Gasteiger partial charge in [0.05, 0.1) is 10.5 Å². The van der Waals surface area contributed by atoms with Crippen LogP contribution in [0.25, 0.3) is 16.2 Å². The number of diazo groups is 1. The highest BCUT2D eigenvalue weighted by Crippen LogP contribution is 2.24. The summed E-state index contributed by atoms with van der Waals surface area (Å²) in [6.45, 7) is 0. The Labute approximate surface area is 86.2 Å². The highest BCUT2D eigenvalue weighted by atomic mass is 35.5. The smallest absolute Gasteiger partial charge is 0.515 e. The summed E-state index contributed by atoms with van der Waals surface area (Å²) in [5, 5.41) is 18.5. The van der Waals surface area contributed by atoms with Gasteiger partial charge in [0.15, 0.2) is 0 Å². The number of benzene rings is 1. The number of aromatic amines is 1. The van der Waals surface area contributed by atoms with Crippen LogP contribution in [0.5, 0.6) is 0 Å². The maximum atomic E-state index is 8.57. The molecule has 2 rings (SSSR count). The van der Waals surface area contributed by atoms with Crippen LogP contribution in [-0.2, 0) is 0 Å². The van der Waals surface area contributed by atoms with Crippen molar-refractivity contribution in [2.45, 2.75) is 0 Å². The molecule has 0 amide bonds. The van der Waals surface area contributed by atoms with Gasteiger partial charge in [-0.15, -0.1) is 5.10 Å². The molecule has 1 aromatic heterocycles. The van der Waals surface area contributed by atoms with Crippen molar-refractivity contribution in [3.8, 4) is 11.3 Å². The van der Waals surface area contributed by atoms with E-state index >= 15 is 0 Å². The number of aromatic nitrogens is 3. The molecule has 0 saturated heterocycles. The molecule has 0 saturated carbocycles. The molecule has 1 heterocycles. The Balaban J connectivity index is 0.000000980. The van der Waals surface area contributed by atoms with Crippen LogP contribution in [0.2, 0.25) is 0 Å². The van der Waals surface area contributed by atoms with Gasteiger partial charge in [-0.3, -0.25) is 0 Å². The zero-order valence-corrected chi connectivity index (χ0v) is 7.81. The quantitative estimate of drug-likeness (QED) is 0.608. The third kappa shape index (κ3) is 1.70. The maximum absolute atomic E-state index is 8.57. The van der Waals surface area contributed by atoms with Gasteiger partial charge in [-0.05, 0) is 0 Å². The normalized spacial score (nSPS) is 8.79. The van der Waals surface area contributed by atoms with E-state index in [-0.39, 0.29) is 18.2 Å². The standard InChI is InChI=1S/C8H6N5.ClH/c9-10-8-7(11-13-12-8)6-4-2-1-3-5-6;/h1-5H,(H,11,12,13);1H/q+1;/p-1. The van der Waals surface area contributed by atoms with Gasteiger partial charge in [-0.1, -0.05) is 35.5 Å². The molecular formula is C8H6ClN5. The lowest BCUT2D eigenvalue weighted by Crippen LogP contribution is -3.00. The van der Waals surface area contributed by atoms with Crippen molar-refractivity contribution in [2.75, 3.05) is 0 Å².